The highest BCUT2D eigenvalue weighted by Gasteiger charge is 2.48. The van der Waals surface area contributed by atoms with Crippen molar-refractivity contribution in [3.63, 3.8) is 0 Å². The molecule has 0 aromatic heterocycles. The Kier molecular flexibility index (Phi) is 4.79. The van der Waals surface area contributed by atoms with Crippen molar-refractivity contribution in [2.24, 2.45) is 23.5 Å². The summed E-state index contributed by atoms with van der Waals surface area (Å²) in [6, 6.07) is 6.83. The third-order valence-electron chi connectivity index (χ3n) is 6.38. The van der Waals surface area contributed by atoms with Crippen LogP contribution in [0.5, 0.6) is 0 Å². The summed E-state index contributed by atoms with van der Waals surface area (Å²) in [4.78, 5) is 12.8. The molecule has 1 aromatic rings. The van der Waals surface area contributed by atoms with E-state index >= 15 is 0 Å². The first-order chi connectivity index (χ1) is 12.5. The van der Waals surface area contributed by atoms with Crippen LogP contribution in [0.15, 0.2) is 29.2 Å². The number of benzene rings is 1. The van der Waals surface area contributed by atoms with E-state index in [1.165, 1.54) is 0 Å². The number of carbonyl (C=O) groups is 1. The molecule has 4 atom stereocenters. The maximum Gasteiger partial charge on any atom is 0.243 e. The van der Waals surface area contributed by atoms with Gasteiger partial charge in [0.25, 0.3) is 0 Å². The predicted molar refractivity (Wildman–Crippen MR) is 98.6 cm³/mol. The van der Waals surface area contributed by atoms with E-state index in [4.69, 9.17) is 5.73 Å². The van der Waals surface area contributed by atoms with Crippen LogP contribution in [0.25, 0.3) is 0 Å². The van der Waals surface area contributed by atoms with Gasteiger partial charge in [0.2, 0.25) is 15.9 Å². The van der Waals surface area contributed by atoms with Gasteiger partial charge in [-0.1, -0.05) is 12.1 Å². The zero-order chi connectivity index (χ0) is 18.3. The maximum atomic E-state index is 12.5. The molecule has 2 saturated carbocycles. The van der Waals surface area contributed by atoms with Crippen molar-refractivity contribution >= 4 is 15.9 Å². The lowest BCUT2D eigenvalue weighted by Gasteiger charge is -2.27. The SMILES string of the molecule is NC1C2CCC(C2)C1C(=O)NCc1ccc(S(=O)(=O)N2CCCC2)cc1. The van der Waals surface area contributed by atoms with E-state index in [0.29, 0.717) is 36.4 Å². The fourth-order valence-corrected chi connectivity index (χ4v) is 6.41. The van der Waals surface area contributed by atoms with Gasteiger partial charge in [-0.25, -0.2) is 8.42 Å². The van der Waals surface area contributed by atoms with Gasteiger partial charge in [0.05, 0.1) is 10.8 Å². The van der Waals surface area contributed by atoms with Gasteiger partial charge in [0.15, 0.2) is 0 Å². The Balaban J connectivity index is 1.37. The van der Waals surface area contributed by atoms with Gasteiger partial charge < -0.3 is 11.1 Å². The molecule has 3 aliphatic rings. The van der Waals surface area contributed by atoms with Crippen LogP contribution in [-0.4, -0.2) is 37.8 Å². The Morgan fingerprint density at radius 1 is 1.12 bits per heavy atom. The van der Waals surface area contributed by atoms with Gasteiger partial charge in [0, 0.05) is 25.7 Å². The largest absolute Gasteiger partial charge is 0.352 e. The highest BCUT2D eigenvalue weighted by Crippen LogP contribution is 2.47. The molecule has 1 aromatic carbocycles. The molecule has 0 spiro atoms. The lowest BCUT2D eigenvalue weighted by Crippen LogP contribution is -2.45. The van der Waals surface area contributed by atoms with E-state index < -0.39 is 10.0 Å². The molecule has 1 amide bonds. The maximum absolute atomic E-state index is 12.5. The smallest absolute Gasteiger partial charge is 0.243 e. The van der Waals surface area contributed by atoms with Gasteiger partial charge in [-0.05, 0) is 61.6 Å². The third-order valence-corrected chi connectivity index (χ3v) is 8.29. The number of fused-ring (bicyclic) bond motifs is 2. The molecular weight excluding hydrogens is 350 g/mol. The van der Waals surface area contributed by atoms with Crippen LogP contribution in [-0.2, 0) is 21.4 Å². The molecule has 1 heterocycles. The Morgan fingerprint density at radius 2 is 1.77 bits per heavy atom. The summed E-state index contributed by atoms with van der Waals surface area (Å²) < 4.78 is 26.6. The first-order valence-corrected chi connectivity index (χ1v) is 11.0. The molecule has 7 heteroatoms. The van der Waals surface area contributed by atoms with Crippen molar-refractivity contribution < 1.29 is 13.2 Å². The van der Waals surface area contributed by atoms with Gasteiger partial charge in [0.1, 0.15) is 0 Å². The summed E-state index contributed by atoms with van der Waals surface area (Å²) in [5, 5.41) is 2.99. The molecule has 4 rings (SSSR count). The Hall–Kier alpha value is -1.44. The summed E-state index contributed by atoms with van der Waals surface area (Å²) in [6.07, 6.45) is 5.20. The Bertz CT molecular complexity index is 770. The third kappa shape index (κ3) is 3.17. The van der Waals surface area contributed by atoms with Crippen molar-refractivity contribution in [1.82, 2.24) is 9.62 Å². The fourth-order valence-electron chi connectivity index (χ4n) is 4.89. The summed E-state index contributed by atoms with van der Waals surface area (Å²) in [7, 11) is -3.38. The van der Waals surface area contributed by atoms with E-state index in [1.807, 2.05) is 0 Å². The van der Waals surface area contributed by atoms with Crippen LogP contribution in [0.2, 0.25) is 0 Å². The minimum atomic E-state index is -3.38. The molecule has 1 aliphatic heterocycles. The zero-order valence-electron chi connectivity index (χ0n) is 14.9. The van der Waals surface area contributed by atoms with Crippen LogP contribution >= 0.6 is 0 Å². The number of nitrogens with two attached hydrogens (primary N) is 1. The monoisotopic (exact) mass is 377 g/mol. The fraction of sp³-hybridized carbons (Fsp3) is 0.632. The number of sulfonamides is 1. The van der Waals surface area contributed by atoms with Gasteiger partial charge in [-0.2, -0.15) is 4.31 Å². The number of hydrogen-bond acceptors (Lipinski definition) is 4. The Labute approximate surface area is 155 Å². The van der Waals surface area contributed by atoms with Crippen LogP contribution in [0, 0.1) is 17.8 Å². The number of amides is 1. The molecule has 26 heavy (non-hydrogen) atoms. The van der Waals surface area contributed by atoms with Crippen molar-refractivity contribution in [1.29, 1.82) is 0 Å². The molecule has 3 fully saturated rings. The average molecular weight is 378 g/mol. The lowest BCUT2D eigenvalue weighted by molar-refractivity contribution is -0.127. The highest BCUT2D eigenvalue weighted by molar-refractivity contribution is 7.89. The second-order valence-electron chi connectivity index (χ2n) is 7.91. The van der Waals surface area contributed by atoms with Crippen molar-refractivity contribution in [3.8, 4) is 0 Å². The minimum absolute atomic E-state index is 0.0123. The molecule has 2 bridgehead atoms. The molecule has 4 unspecified atom stereocenters. The highest BCUT2D eigenvalue weighted by atomic mass is 32.2. The zero-order valence-corrected chi connectivity index (χ0v) is 15.7. The number of nitrogens with zero attached hydrogens (tertiary/aromatic N) is 1. The van der Waals surface area contributed by atoms with Gasteiger partial charge in [-0.15, -0.1) is 0 Å². The second kappa shape index (κ2) is 6.94. The number of hydrogen-bond donors (Lipinski definition) is 2. The van der Waals surface area contributed by atoms with Crippen LogP contribution in [0.4, 0.5) is 0 Å². The summed E-state index contributed by atoms with van der Waals surface area (Å²) >= 11 is 0. The number of rotatable bonds is 5. The van der Waals surface area contributed by atoms with E-state index in [0.717, 1.165) is 37.7 Å². The van der Waals surface area contributed by atoms with E-state index in [-0.39, 0.29) is 17.9 Å². The number of carbonyl (C=O) groups excluding carboxylic acids is 1. The van der Waals surface area contributed by atoms with Gasteiger partial charge in [-0.3, -0.25) is 4.79 Å². The normalized spacial score (nSPS) is 31.4. The molecule has 0 radical (unpaired) electrons. The van der Waals surface area contributed by atoms with Crippen LogP contribution < -0.4 is 11.1 Å². The first kappa shape index (κ1) is 17.9. The minimum Gasteiger partial charge on any atom is -0.352 e. The summed E-state index contributed by atoms with van der Waals surface area (Å²) in [5.74, 6) is 0.913. The Morgan fingerprint density at radius 3 is 2.38 bits per heavy atom. The lowest BCUT2D eigenvalue weighted by atomic mass is 9.84. The molecule has 3 N–H and O–H groups in total. The van der Waals surface area contributed by atoms with Gasteiger partial charge >= 0.3 is 0 Å². The van der Waals surface area contributed by atoms with Crippen molar-refractivity contribution in [2.75, 3.05) is 13.1 Å². The van der Waals surface area contributed by atoms with E-state index in [2.05, 4.69) is 5.32 Å². The number of nitrogens with one attached hydrogen (secondary N) is 1. The molecule has 2 aliphatic carbocycles. The predicted octanol–water partition coefficient (Wildman–Crippen LogP) is 1.46. The van der Waals surface area contributed by atoms with Crippen LogP contribution in [0.1, 0.15) is 37.7 Å². The topological polar surface area (TPSA) is 92.5 Å². The van der Waals surface area contributed by atoms with E-state index in [1.54, 1.807) is 28.6 Å². The standard InChI is InChI=1S/C19H27N3O3S/c20-18-15-6-5-14(11-15)17(18)19(23)21-12-13-3-7-16(8-4-13)26(24,25)22-9-1-2-10-22/h3-4,7-8,14-15,17-18H,1-2,5-6,9-12,20H2,(H,21,23). The average Bonchev–Trinajstić information content (AvgIpc) is 3.37. The molecule has 6 nitrogen and oxygen atoms in total. The second-order valence-corrected chi connectivity index (χ2v) is 9.85. The quantitative estimate of drug-likeness (QED) is 0.812. The first-order valence-electron chi connectivity index (χ1n) is 9.59. The van der Waals surface area contributed by atoms with Crippen molar-refractivity contribution in [3.05, 3.63) is 29.8 Å². The molecular formula is C19H27N3O3S. The summed E-state index contributed by atoms with van der Waals surface area (Å²) in [5.41, 5.74) is 7.13. The molecule has 142 valence electrons. The molecule has 1 saturated heterocycles. The van der Waals surface area contributed by atoms with Crippen molar-refractivity contribution in [2.45, 2.75) is 49.6 Å². The van der Waals surface area contributed by atoms with Crippen LogP contribution in [0.3, 0.4) is 0 Å². The van der Waals surface area contributed by atoms with E-state index in [9.17, 15) is 13.2 Å². The summed E-state index contributed by atoms with van der Waals surface area (Å²) in [6.45, 7) is 1.61.